The van der Waals surface area contributed by atoms with Crippen LogP contribution < -0.4 is 4.74 Å². The molecule has 0 amide bonds. The molecule has 4 rings (SSSR count). The van der Waals surface area contributed by atoms with Gasteiger partial charge in [0, 0.05) is 44.9 Å². The van der Waals surface area contributed by atoms with Gasteiger partial charge in [0.25, 0.3) is 0 Å². The number of hydrogen-bond donors (Lipinski definition) is 0. The molecule has 1 atom stereocenters. The third-order valence-corrected chi connectivity index (χ3v) is 5.46. The maximum absolute atomic E-state index is 13.3. The van der Waals surface area contributed by atoms with Crippen molar-refractivity contribution in [1.29, 1.82) is 0 Å². The predicted octanol–water partition coefficient (Wildman–Crippen LogP) is 3.80. The molecule has 158 valence electrons. The van der Waals surface area contributed by atoms with Gasteiger partial charge in [-0.05, 0) is 30.2 Å². The molecular formula is C24H28FN3O2. The highest BCUT2D eigenvalue weighted by Crippen LogP contribution is 2.22. The molecule has 0 aliphatic carbocycles. The van der Waals surface area contributed by atoms with Crippen LogP contribution in [0, 0.1) is 5.82 Å². The minimum atomic E-state index is -0.290. The number of ether oxygens (including phenoxy) is 2. The van der Waals surface area contributed by atoms with Gasteiger partial charge in [-0.25, -0.2) is 4.39 Å². The lowest BCUT2D eigenvalue weighted by molar-refractivity contribution is -0.0318. The molecule has 6 heteroatoms. The number of rotatable bonds is 8. The topological polar surface area (TPSA) is 39.5 Å². The van der Waals surface area contributed by atoms with Crippen molar-refractivity contribution in [2.45, 2.75) is 18.9 Å². The normalized spacial score (nSPS) is 17.2. The zero-order valence-corrected chi connectivity index (χ0v) is 17.3. The Balaban J connectivity index is 1.30. The van der Waals surface area contributed by atoms with E-state index in [9.17, 15) is 4.39 Å². The monoisotopic (exact) mass is 409 g/mol. The first-order valence-corrected chi connectivity index (χ1v) is 10.5. The minimum Gasteiger partial charge on any atom is -0.493 e. The molecule has 1 fully saturated rings. The van der Waals surface area contributed by atoms with E-state index in [0.717, 1.165) is 37.4 Å². The van der Waals surface area contributed by atoms with E-state index in [4.69, 9.17) is 9.47 Å². The first-order valence-electron chi connectivity index (χ1n) is 10.5. The summed E-state index contributed by atoms with van der Waals surface area (Å²) < 4.78 is 26.8. The van der Waals surface area contributed by atoms with Crippen molar-refractivity contribution >= 4 is 0 Å². The molecule has 1 saturated heterocycles. The summed E-state index contributed by atoms with van der Waals surface area (Å²) in [6.07, 6.45) is 1.72. The van der Waals surface area contributed by atoms with Gasteiger partial charge in [-0.15, -0.1) is 0 Å². The molecular weight excluding hydrogens is 381 g/mol. The summed E-state index contributed by atoms with van der Waals surface area (Å²) >= 11 is 0. The van der Waals surface area contributed by atoms with E-state index in [0.29, 0.717) is 25.4 Å². The van der Waals surface area contributed by atoms with Crippen molar-refractivity contribution in [2.24, 2.45) is 7.05 Å². The summed E-state index contributed by atoms with van der Waals surface area (Å²) in [7, 11) is 1.94. The van der Waals surface area contributed by atoms with Crippen LogP contribution in [-0.4, -0.2) is 47.5 Å². The van der Waals surface area contributed by atoms with E-state index < -0.39 is 0 Å². The van der Waals surface area contributed by atoms with Crippen molar-refractivity contribution in [2.75, 3.05) is 32.8 Å². The van der Waals surface area contributed by atoms with E-state index in [-0.39, 0.29) is 11.9 Å². The molecule has 30 heavy (non-hydrogen) atoms. The average Bonchev–Trinajstić information content (AvgIpc) is 3.14. The number of halogens is 1. The van der Waals surface area contributed by atoms with Crippen molar-refractivity contribution in [1.82, 2.24) is 14.7 Å². The van der Waals surface area contributed by atoms with Gasteiger partial charge in [0.2, 0.25) is 0 Å². The van der Waals surface area contributed by atoms with Gasteiger partial charge in [0.15, 0.2) is 0 Å². The first kappa shape index (κ1) is 20.6. The number of aryl methyl sites for hydroxylation is 1. The molecule has 2 aromatic carbocycles. The van der Waals surface area contributed by atoms with Crippen LogP contribution in [0.3, 0.4) is 0 Å². The maximum atomic E-state index is 13.3. The molecule has 0 bridgehead atoms. The molecule has 1 aromatic heterocycles. The Bertz CT molecular complexity index is 945. The van der Waals surface area contributed by atoms with Crippen molar-refractivity contribution in [3.05, 3.63) is 83.4 Å². The summed E-state index contributed by atoms with van der Waals surface area (Å²) in [5, 5.41) is 4.68. The highest BCUT2D eigenvalue weighted by Gasteiger charge is 2.24. The molecule has 0 N–H and O–H groups in total. The Morgan fingerprint density at radius 1 is 1.10 bits per heavy atom. The zero-order valence-electron chi connectivity index (χ0n) is 17.3. The molecule has 1 aliphatic rings. The van der Waals surface area contributed by atoms with Crippen molar-refractivity contribution < 1.29 is 13.9 Å². The molecule has 2 heterocycles. The second-order valence-corrected chi connectivity index (χ2v) is 7.64. The van der Waals surface area contributed by atoms with Gasteiger partial charge in [-0.2, -0.15) is 5.10 Å². The van der Waals surface area contributed by atoms with E-state index >= 15 is 0 Å². The minimum absolute atomic E-state index is 0.0152. The Labute approximate surface area is 177 Å². The Hall–Kier alpha value is -2.70. The van der Waals surface area contributed by atoms with Crippen molar-refractivity contribution in [3.8, 4) is 5.75 Å². The summed E-state index contributed by atoms with van der Waals surface area (Å²) in [6.45, 7) is 4.00. The third-order valence-electron chi connectivity index (χ3n) is 5.46. The summed E-state index contributed by atoms with van der Waals surface area (Å²) in [5.41, 5.74) is 3.40. The lowest BCUT2D eigenvalue weighted by Gasteiger charge is -2.32. The van der Waals surface area contributed by atoms with Crippen LogP contribution in [-0.2, 0) is 24.6 Å². The Kier molecular flexibility index (Phi) is 6.77. The van der Waals surface area contributed by atoms with Crippen LogP contribution in [0.4, 0.5) is 4.39 Å². The van der Waals surface area contributed by atoms with Crippen LogP contribution in [0.15, 0.2) is 60.7 Å². The van der Waals surface area contributed by atoms with Crippen LogP contribution in [0.25, 0.3) is 0 Å². The van der Waals surface area contributed by atoms with Gasteiger partial charge in [-0.1, -0.05) is 36.4 Å². The van der Waals surface area contributed by atoms with Gasteiger partial charge >= 0.3 is 0 Å². The van der Waals surface area contributed by atoms with Crippen LogP contribution in [0.5, 0.6) is 5.75 Å². The summed E-state index contributed by atoms with van der Waals surface area (Å²) in [6, 6.07) is 18.9. The van der Waals surface area contributed by atoms with Gasteiger partial charge in [0.05, 0.1) is 18.9 Å². The highest BCUT2D eigenvalue weighted by atomic mass is 19.1. The van der Waals surface area contributed by atoms with Crippen LogP contribution in [0.2, 0.25) is 0 Å². The average molecular weight is 410 g/mol. The van der Waals surface area contributed by atoms with Crippen LogP contribution >= 0.6 is 0 Å². The fraction of sp³-hybridized carbons (Fsp3) is 0.375. The second kappa shape index (κ2) is 9.87. The summed E-state index contributed by atoms with van der Waals surface area (Å²) in [4.78, 5) is 2.45. The summed E-state index contributed by atoms with van der Waals surface area (Å²) in [5.74, 6) is 0.253. The largest absolute Gasteiger partial charge is 0.493 e. The van der Waals surface area contributed by atoms with Gasteiger partial charge in [0.1, 0.15) is 17.7 Å². The molecule has 1 aliphatic heterocycles. The third kappa shape index (κ3) is 5.46. The Morgan fingerprint density at radius 3 is 2.80 bits per heavy atom. The van der Waals surface area contributed by atoms with E-state index in [1.165, 1.54) is 17.7 Å². The first-order chi connectivity index (χ1) is 14.7. The van der Waals surface area contributed by atoms with Crippen molar-refractivity contribution in [3.63, 3.8) is 0 Å². The Morgan fingerprint density at radius 2 is 1.97 bits per heavy atom. The number of aromatic nitrogens is 2. The highest BCUT2D eigenvalue weighted by molar-refractivity contribution is 5.22. The van der Waals surface area contributed by atoms with Crippen LogP contribution in [0.1, 0.15) is 23.1 Å². The number of benzene rings is 2. The predicted molar refractivity (Wildman–Crippen MR) is 114 cm³/mol. The van der Waals surface area contributed by atoms with Gasteiger partial charge in [-0.3, -0.25) is 9.58 Å². The standard InChI is InChI=1S/C24H28FN3O2/c1-27-21(11-14-29-22-9-5-8-20(25)16-22)17-23(26-27)24-18-28(13-15-30-24)12-10-19-6-3-2-4-7-19/h2-9,16-17,24H,10-15,18H2,1H3/t24-/m0/s1. The molecule has 0 spiro atoms. The quantitative estimate of drug-likeness (QED) is 0.567. The molecule has 0 unspecified atom stereocenters. The number of morpholine rings is 1. The fourth-order valence-corrected chi connectivity index (χ4v) is 3.77. The lowest BCUT2D eigenvalue weighted by Crippen LogP contribution is -2.39. The molecule has 0 saturated carbocycles. The number of hydrogen-bond acceptors (Lipinski definition) is 4. The van der Waals surface area contributed by atoms with E-state index in [2.05, 4.69) is 46.4 Å². The smallest absolute Gasteiger partial charge is 0.126 e. The molecule has 5 nitrogen and oxygen atoms in total. The second-order valence-electron chi connectivity index (χ2n) is 7.64. The number of nitrogens with zero attached hydrogens (tertiary/aromatic N) is 3. The lowest BCUT2D eigenvalue weighted by atomic mass is 10.1. The fourth-order valence-electron chi connectivity index (χ4n) is 3.77. The van der Waals surface area contributed by atoms with Gasteiger partial charge < -0.3 is 9.47 Å². The van der Waals surface area contributed by atoms with E-state index in [1.807, 2.05) is 11.7 Å². The zero-order chi connectivity index (χ0) is 20.8. The molecule has 0 radical (unpaired) electrons. The maximum Gasteiger partial charge on any atom is 0.126 e. The SMILES string of the molecule is Cn1nc([C@@H]2CN(CCc3ccccc3)CCO2)cc1CCOc1cccc(F)c1. The van der Waals surface area contributed by atoms with E-state index in [1.54, 1.807) is 12.1 Å². The molecule has 3 aromatic rings.